The topological polar surface area (TPSA) is 23.6 Å². The molecule has 1 aliphatic heterocycles. The van der Waals surface area contributed by atoms with Crippen molar-refractivity contribution in [2.45, 2.75) is 32.2 Å². The normalized spacial score (nSPS) is 32.3. The first-order valence-corrected chi connectivity index (χ1v) is 5.87. The van der Waals surface area contributed by atoms with Crippen LogP contribution in [0.1, 0.15) is 26.2 Å². The maximum Gasteiger partial charge on any atom is 0.320 e. The molecular formula is C12H20N2O. The number of allylic oxidation sites excluding steroid dienone is 1. The van der Waals surface area contributed by atoms with Gasteiger partial charge in [0.1, 0.15) is 0 Å². The van der Waals surface area contributed by atoms with Crippen molar-refractivity contribution < 1.29 is 4.79 Å². The van der Waals surface area contributed by atoms with Crippen molar-refractivity contribution in [1.82, 2.24) is 9.80 Å². The number of rotatable bonds is 1. The van der Waals surface area contributed by atoms with Crippen LogP contribution in [0, 0.1) is 5.92 Å². The van der Waals surface area contributed by atoms with Gasteiger partial charge in [0.2, 0.25) is 0 Å². The maximum absolute atomic E-state index is 12.0. The molecule has 84 valence electrons. The molecule has 0 unspecified atom stereocenters. The predicted molar refractivity (Wildman–Crippen MR) is 60.7 cm³/mol. The van der Waals surface area contributed by atoms with Crippen LogP contribution in [-0.2, 0) is 0 Å². The molecule has 0 bridgehead atoms. The molecule has 0 aromatic carbocycles. The van der Waals surface area contributed by atoms with Crippen molar-refractivity contribution in [1.29, 1.82) is 0 Å². The minimum atomic E-state index is 0.199. The van der Waals surface area contributed by atoms with E-state index in [9.17, 15) is 4.79 Å². The molecule has 2 atom stereocenters. The smallest absolute Gasteiger partial charge is 0.320 e. The summed E-state index contributed by atoms with van der Waals surface area (Å²) in [4.78, 5) is 15.9. The number of hydrogen-bond donors (Lipinski definition) is 0. The monoisotopic (exact) mass is 208 g/mol. The van der Waals surface area contributed by atoms with Crippen LogP contribution < -0.4 is 0 Å². The second-order valence-electron chi connectivity index (χ2n) is 4.85. The minimum Gasteiger partial charge on any atom is -0.327 e. The lowest BCUT2D eigenvalue weighted by Gasteiger charge is -2.41. The van der Waals surface area contributed by atoms with Gasteiger partial charge in [0.05, 0.1) is 6.04 Å². The molecule has 0 aromatic rings. The Balaban J connectivity index is 2.08. The summed E-state index contributed by atoms with van der Waals surface area (Å²) in [7, 11) is 1.90. The highest BCUT2D eigenvalue weighted by Gasteiger charge is 2.31. The number of urea groups is 1. The van der Waals surface area contributed by atoms with Crippen LogP contribution in [-0.4, -0.2) is 42.0 Å². The lowest BCUT2D eigenvalue weighted by Crippen LogP contribution is -2.54. The Morgan fingerprint density at radius 1 is 1.40 bits per heavy atom. The second-order valence-corrected chi connectivity index (χ2v) is 4.85. The van der Waals surface area contributed by atoms with Crippen LogP contribution in [0.2, 0.25) is 0 Å². The molecule has 2 rings (SSSR count). The molecule has 2 aliphatic rings. The zero-order valence-electron chi connectivity index (χ0n) is 9.65. The highest BCUT2D eigenvalue weighted by molar-refractivity contribution is 5.75. The number of carbonyl (C=O) groups excluding carboxylic acids is 1. The summed E-state index contributed by atoms with van der Waals surface area (Å²) in [6.45, 7) is 4.02. The van der Waals surface area contributed by atoms with Gasteiger partial charge in [-0.2, -0.15) is 0 Å². The fraction of sp³-hybridized carbons (Fsp3) is 0.750. The molecule has 0 spiro atoms. The molecule has 0 aromatic heterocycles. The fourth-order valence-corrected chi connectivity index (χ4v) is 2.57. The van der Waals surface area contributed by atoms with Gasteiger partial charge in [0.25, 0.3) is 0 Å². The van der Waals surface area contributed by atoms with Crippen molar-refractivity contribution in [2.75, 3.05) is 20.1 Å². The van der Waals surface area contributed by atoms with E-state index >= 15 is 0 Å². The summed E-state index contributed by atoms with van der Waals surface area (Å²) in [5.74, 6) is 0.586. The SMILES string of the molecule is C[C@H]1CN(C)C(=O)N([C@@H]2C=CCCC2)C1. The Bertz CT molecular complexity index is 275. The lowest BCUT2D eigenvalue weighted by atomic mass is 9.99. The zero-order chi connectivity index (χ0) is 10.8. The Labute approximate surface area is 91.7 Å². The summed E-state index contributed by atoms with van der Waals surface area (Å²) in [5.41, 5.74) is 0. The molecule has 1 heterocycles. The van der Waals surface area contributed by atoms with E-state index < -0.39 is 0 Å². The molecule has 1 fully saturated rings. The number of nitrogens with zero attached hydrogens (tertiary/aromatic N) is 2. The first kappa shape index (κ1) is 10.5. The van der Waals surface area contributed by atoms with E-state index in [0.717, 1.165) is 19.5 Å². The van der Waals surface area contributed by atoms with E-state index in [1.165, 1.54) is 12.8 Å². The van der Waals surface area contributed by atoms with Crippen molar-refractivity contribution >= 4 is 6.03 Å². The minimum absolute atomic E-state index is 0.199. The quantitative estimate of drug-likeness (QED) is 0.605. The third-order valence-electron chi connectivity index (χ3n) is 3.30. The molecular weight excluding hydrogens is 188 g/mol. The summed E-state index contributed by atoms with van der Waals surface area (Å²) in [5, 5.41) is 0. The van der Waals surface area contributed by atoms with Gasteiger partial charge in [-0.15, -0.1) is 0 Å². The first-order chi connectivity index (χ1) is 7.18. The van der Waals surface area contributed by atoms with Crippen LogP contribution in [0.25, 0.3) is 0 Å². The predicted octanol–water partition coefficient (Wildman–Crippen LogP) is 2.10. The molecule has 15 heavy (non-hydrogen) atoms. The number of hydrogen-bond acceptors (Lipinski definition) is 1. The van der Waals surface area contributed by atoms with Gasteiger partial charge in [0.15, 0.2) is 0 Å². The van der Waals surface area contributed by atoms with Crippen LogP contribution in [0.5, 0.6) is 0 Å². The summed E-state index contributed by atoms with van der Waals surface area (Å²) >= 11 is 0. The largest absolute Gasteiger partial charge is 0.327 e. The Kier molecular flexibility index (Phi) is 2.98. The van der Waals surface area contributed by atoms with Crippen molar-refractivity contribution in [3.63, 3.8) is 0 Å². The first-order valence-electron chi connectivity index (χ1n) is 5.87. The molecule has 3 nitrogen and oxygen atoms in total. The Morgan fingerprint density at radius 3 is 2.87 bits per heavy atom. The Morgan fingerprint density at radius 2 is 2.20 bits per heavy atom. The zero-order valence-corrected chi connectivity index (χ0v) is 9.65. The number of amides is 2. The van der Waals surface area contributed by atoms with Crippen molar-refractivity contribution in [3.8, 4) is 0 Å². The average molecular weight is 208 g/mol. The average Bonchev–Trinajstić information content (AvgIpc) is 2.24. The maximum atomic E-state index is 12.0. The van der Waals surface area contributed by atoms with Crippen molar-refractivity contribution in [2.24, 2.45) is 5.92 Å². The fourth-order valence-electron chi connectivity index (χ4n) is 2.57. The van der Waals surface area contributed by atoms with E-state index in [2.05, 4.69) is 19.1 Å². The van der Waals surface area contributed by atoms with Gasteiger partial charge in [-0.25, -0.2) is 4.79 Å². The summed E-state index contributed by atoms with van der Waals surface area (Å²) in [6, 6.07) is 0.543. The van der Waals surface area contributed by atoms with E-state index in [-0.39, 0.29) is 6.03 Å². The van der Waals surface area contributed by atoms with Crippen LogP contribution in [0.3, 0.4) is 0 Å². The standard InChI is InChI=1S/C12H20N2O/c1-10-8-13(2)12(15)14(9-10)11-6-4-3-5-7-11/h4,6,10-11H,3,5,7-9H2,1-2H3/t10-,11+/m0/s1. The van der Waals surface area contributed by atoms with Crippen LogP contribution in [0.15, 0.2) is 12.2 Å². The van der Waals surface area contributed by atoms with Crippen molar-refractivity contribution in [3.05, 3.63) is 12.2 Å². The van der Waals surface area contributed by atoms with Gasteiger partial charge in [-0.05, 0) is 25.2 Å². The highest BCUT2D eigenvalue weighted by atomic mass is 16.2. The van der Waals surface area contributed by atoms with Gasteiger partial charge in [0, 0.05) is 20.1 Å². The third-order valence-corrected chi connectivity index (χ3v) is 3.30. The summed E-state index contributed by atoms with van der Waals surface area (Å²) < 4.78 is 0. The van der Waals surface area contributed by atoms with Gasteiger partial charge < -0.3 is 9.80 Å². The van der Waals surface area contributed by atoms with Gasteiger partial charge in [-0.3, -0.25) is 0 Å². The van der Waals surface area contributed by atoms with Gasteiger partial charge >= 0.3 is 6.03 Å². The van der Waals surface area contributed by atoms with Gasteiger partial charge in [-0.1, -0.05) is 19.1 Å². The third kappa shape index (κ3) is 2.16. The number of carbonyl (C=O) groups is 1. The van der Waals surface area contributed by atoms with E-state index in [0.29, 0.717) is 12.0 Å². The molecule has 2 amide bonds. The molecule has 0 saturated carbocycles. The van der Waals surface area contributed by atoms with Crippen LogP contribution in [0.4, 0.5) is 4.79 Å². The van der Waals surface area contributed by atoms with E-state index in [4.69, 9.17) is 0 Å². The lowest BCUT2D eigenvalue weighted by molar-refractivity contribution is 0.103. The molecule has 1 saturated heterocycles. The molecule has 0 N–H and O–H groups in total. The second kappa shape index (κ2) is 4.25. The van der Waals surface area contributed by atoms with E-state index in [1.807, 2.05) is 16.8 Å². The summed E-state index contributed by atoms with van der Waals surface area (Å²) in [6.07, 6.45) is 7.92. The van der Waals surface area contributed by atoms with E-state index in [1.54, 1.807) is 0 Å². The highest BCUT2D eigenvalue weighted by Crippen LogP contribution is 2.22. The van der Waals surface area contributed by atoms with Crippen LogP contribution >= 0.6 is 0 Å². The molecule has 3 heteroatoms. The molecule has 0 radical (unpaired) electrons. The Hall–Kier alpha value is -0.990. The molecule has 1 aliphatic carbocycles.